The minimum atomic E-state index is -0.277. The molecule has 2 amide bonds. The van der Waals surface area contributed by atoms with Crippen molar-refractivity contribution in [3.05, 3.63) is 48.6 Å². The van der Waals surface area contributed by atoms with Crippen LogP contribution in [0.15, 0.2) is 47.2 Å². The Hall–Kier alpha value is -3.09. The van der Waals surface area contributed by atoms with Crippen LogP contribution in [0.5, 0.6) is 0 Å². The van der Waals surface area contributed by atoms with E-state index < -0.39 is 0 Å². The van der Waals surface area contributed by atoms with Crippen molar-refractivity contribution in [3.8, 4) is 0 Å². The van der Waals surface area contributed by atoms with Crippen LogP contribution in [0, 0.1) is 0 Å². The van der Waals surface area contributed by atoms with Crippen LogP contribution in [-0.4, -0.2) is 28.6 Å². The Morgan fingerprint density at radius 3 is 3.00 bits per heavy atom. The highest BCUT2D eigenvalue weighted by Gasteiger charge is 2.08. The van der Waals surface area contributed by atoms with Crippen LogP contribution in [-0.2, 0) is 4.79 Å². The predicted molar refractivity (Wildman–Crippen MR) is 85.0 cm³/mol. The van der Waals surface area contributed by atoms with Crippen LogP contribution in [0.4, 0.5) is 5.69 Å². The smallest absolute Gasteiger partial charge is 0.286 e. The van der Waals surface area contributed by atoms with Crippen LogP contribution >= 0.6 is 0 Å². The van der Waals surface area contributed by atoms with Gasteiger partial charge in [-0.1, -0.05) is 0 Å². The first-order chi connectivity index (χ1) is 11.2. The number of anilines is 1. The van der Waals surface area contributed by atoms with Crippen molar-refractivity contribution in [2.24, 2.45) is 0 Å². The van der Waals surface area contributed by atoms with Crippen LogP contribution in [0.2, 0.25) is 0 Å². The van der Waals surface area contributed by atoms with E-state index in [9.17, 15) is 9.59 Å². The molecule has 0 aliphatic rings. The highest BCUT2D eigenvalue weighted by atomic mass is 16.3. The third-order valence-corrected chi connectivity index (χ3v) is 3.34. The van der Waals surface area contributed by atoms with E-state index in [1.807, 2.05) is 18.2 Å². The molecule has 3 N–H and O–H groups in total. The average molecular weight is 312 g/mol. The summed E-state index contributed by atoms with van der Waals surface area (Å²) >= 11 is 0. The van der Waals surface area contributed by atoms with E-state index in [1.165, 1.54) is 6.26 Å². The molecule has 0 radical (unpaired) electrons. The normalized spacial score (nSPS) is 10.6. The molecule has 3 rings (SSSR count). The fraction of sp³-hybridized carbons (Fsp3) is 0.188. The van der Waals surface area contributed by atoms with Gasteiger partial charge in [0, 0.05) is 24.0 Å². The molecule has 0 atom stereocenters. The number of nitrogens with one attached hydrogen (secondary N) is 3. The lowest BCUT2D eigenvalue weighted by atomic mass is 10.2. The van der Waals surface area contributed by atoms with Gasteiger partial charge in [-0.3, -0.25) is 14.7 Å². The van der Waals surface area contributed by atoms with Crippen molar-refractivity contribution in [2.45, 2.75) is 12.8 Å². The Kier molecular flexibility index (Phi) is 4.37. The number of fused-ring (bicyclic) bond motifs is 1. The van der Waals surface area contributed by atoms with Crippen molar-refractivity contribution >= 4 is 28.4 Å². The lowest BCUT2D eigenvalue weighted by molar-refractivity contribution is -0.116. The Balaban J connectivity index is 1.41. The van der Waals surface area contributed by atoms with E-state index in [1.54, 1.807) is 18.3 Å². The number of benzene rings is 1. The second-order valence-electron chi connectivity index (χ2n) is 5.06. The standard InChI is InChI=1S/C16H16N4O3/c21-15(4-1-7-17-16(22)14-3-2-8-23-14)19-12-5-6-13-11(9-12)10-18-20-13/h2-3,5-6,8-10H,1,4,7H2,(H,17,22)(H,18,20)(H,19,21). The summed E-state index contributed by atoms with van der Waals surface area (Å²) in [5, 5.41) is 13.3. The molecule has 0 spiro atoms. The van der Waals surface area contributed by atoms with Gasteiger partial charge in [0.2, 0.25) is 5.91 Å². The summed E-state index contributed by atoms with van der Waals surface area (Å²) in [6, 6.07) is 8.78. The number of hydrogen-bond donors (Lipinski definition) is 3. The number of carbonyl (C=O) groups excluding carboxylic acids is 2. The summed E-state index contributed by atoms with van der Waals surface area (Å²) in [5.74, 6) is -0.108. The molecule has 0 aliphatic heterocycles. The van der Waals surface area contributed by atoms with Crippen molar-refractivity contribution in [1.29, 1.82) is 0 Å². The maximum Gasteiger partial charge on any atom is 0.286 e. The molecular weight excluding hydrogens is 296 g/mol. The molecule has 2 aromatic heterocycles. The van der Waals surface area contributed by atoms with Crippen LogP contribution in [0.25, 0.3) is 10.9 Å². The quantitative estimate of drug-likeness (QED) is 0.608. The van der Waals surface area contributed by atoms with Gasteiger partial charge in [0.05, 0.1) is 18.0 Å². The number of rotatable bonds is 6. The molecule has 2 heterocycles. The maximum absolute atomic E-state index is 11.9. The van der Waals surface area contributed by atoms with Crippen LogP contribution in [0.3, 0.4) is 0 Å². The highest BCUT2D eigenvalue weighted by Crippen LogP contribution is 2.16. The zero-order valence-corrected chi connectivity index (χ0v) is 12.3. The van der Waals surface area contributed by atoms with Crippen molar-refractivity contribution in [3.63, 3.8) is 0 Å². The molecule has 7 heteroatoms. The van der Waals surface area contributed by atoms with E-state index in [-0.39, 0.29) is 17.6 Å². The molecule has 0 unspecified atom stereocenters. The molecule has 0 fully saturated rings. The molecule has 0 aliphatic carbocycles. The fourth-order valence-corrected chi connectivity index (χ4v) is 2.19. The van der Waals surface area contributed by atoms with Gasteiger partial charge >= 0.3 is 0 Å². The summed E-state index contributed by atoms with van der Waals surface area (Å²) in [6.07, 6.45) is 4.02. The van der Waals surface area contributed by atoms with Gasteiger partial charge in [0.25, 0.3) is 5.91 Å². The average Bonchev–Trinajstić information content (AvgIpc) is 3.21. The Bertz CT molecular complexity index is 808. The number of carbonyl (C=O) groups is 2. The van der Waals surface area contributed by atoms with Gasteiger partial charge in [-0.25, -0.2) is 0 Å². The molecule has 3 aromatic rings. The maximum atomic E-state index is 11.9. The summed E-state index contributed by atoms with van der Waals surface area (Å²) in [5.41, 5.74) is 1.65. The molecule has 0 bridgehead atoms. The Morgan fingerprint density at radius 2 is 2.17 bits per heavy atom. The number of furan rings is 1. The predicted octanol–water partition coefficient (Wildman–Crippen LogP) is 2.30. The van der Waals surface area contributed by atoms with Crippen LogP contribution < -0.4 is 10.6 Å². The first-order valence-electron chi connectivity index (χ1n) is 7.27. The van der Waals surface area contributed by atoms with Gasteiger partial charge in [-0.05, 0) is 36.8 Å². The Morgan fingerprint density at radius 1 is 1.26 bits per heavy atom. The summed E-state index contributed by atoms with van der Waals surface area (Å²) in [6.45, 7) is 0.410. The summed E-state index contributed by atoms with van der Waals surface area (Å²) < 4.78 is 4.98. The Labute approximate surface area is 132 Å². The van der Waals surface area contributed by atoms with Crippen molar-refractivity contribution in [2.75, 3.05) is 11.9 Å². The molecule has 0 saturated carbocycles. The summed E-state index contributed by atoms with van der Waals surface area (Å²) in [4.78, 5) is 23.5. The molecule has 7 nitrogen and oxygen atoms in total. The minimum Gasteiger partial charge on any atom is -0.459 e. The van der Waals surface area contributed by atoms with Gasteiger partial charge in [0.15, 0.2) is 5.76 Å². The number of amides is 2. The number of aromatic amines is 1. The van der Waals surface area contributed by atoms with E-state index in [0.717, 1.165) is 16.6 Å². The SMILES string of the molecule is O=C(CCCNC(=O)c1ccco1)Nc1ccc2[nH]ncc2c1. The third-order valence-electron chi connectivity index (χ3n) is 3.34. The largest absolute Gasteiger partial charge is 0.459 e. The zero-order chi connectivity index (χ0) is 16.1. The lowest BCUT2D eigenvalue weighted by Gasteiger charge is -2.06. The molecule has 1 aromatic carbocycles. The van der Waals surface area contributed by atoms with E-state index in [4.69, 9.17) is 4.42 Å². The monoisotopic (exact) mass is 312 g/mol. The van der Waals surface area contributed by atoms with Crippen LogP contribution in [0.1, 0.15) is 23.4 Å². The molecular formula is C16H16N4O3. The third kappa shape index (κ3) is 3.76. The molecule has 0 saturated heterocycles. The summed E-state index contributed by atoms with van der Waals surface area (Å²) in [7, 11) is 0. The highest BCUT2D eigenvalue weighted by molar-refractivity contribution is 5.93. The number of aromatic nitrogens is 2. The molecule has 23 heavy (non-hydrogen) atoms. The second kappa shape index (κ2) is 6.78. The number of hydrogen-bond acceptors (Lipinski definition) is 4. The van der Waals surface area contributed by atoms with Gasteiger partial charge in [0.1, 0.15) is 0 Å². The van der Waals surface area contributed by atoms with E-state index >= 15 is 0 Å². The van der Waals surface area contributed by atoms with E-state index in [2.05, 4.69) is 20.8 Å². The molecule has 118 valence electrons. The van der Waals surface area contributed by atoms with Gasteiger partial charge in [-0.15, -0.1) is 0 Å². The number of H-pyrrole nitrogens is 1. The van der Waals surface area contributed by atoms with Gasteiger partial charge in [-0.2, -0.15) is 5.10 Å². The topological polar surface area (TPSA) is 100 Å². The van der Waals surface area contributed by atoms with E-state index in [0.29, 0.717) is 19.4 Å². The first-order valence-corrected chi connectivity index (χ1v) is 7.27. The van der Waals surface area contributed by atoms with Crippen molar-refractivity contribution < 1.29 is 14.0 Å². The van der Waals surface area contributed by atoms with Gasteiger partial charge < -0.3 is 15.1 Å². The number of nitrogens with zero attached hydrogens (tertiary/aromatic N) is 1. The lowest BCUT2D eigenvalue weighted by Crippen LogP contribution is -2.25. The second-order valence-corrected chi connectivity index (χ2v) is 5.06. The fourth-order valence-electron chi connectivity index (χ4n) is 2.19. The first kappa shape index (κ1) is 14.8. The zero-order valence-electron chi connectivity index (χ0n) is 12.3. The van der Waals surface area contributed by atoms with Crippen molar-refractivity contribution in [1.82, 2.24) is 15.5 Å². The minimum absolute atomic E-state index is 0.0971.